The van der Waals surface area contributed by atoms with Crippen LogP contribution in [0.25, 0.3) is 0 Å². The molecule has 2 aromatic rings. The third-order valence-electron chi connectivity index (χ3n) is 2.17. The van der Waals surface area contributed by atoms with Gasteiger partial charge in [-0.2, -0.15) is 0 Å². The summed E-state index contributed by atoms with van der Waals surface area (Å²) in [6.45, 7) is 2.57. The molecule has 0 saturated heterocycles. The lowest BCUT2D eigenvalue weighted by Gasteiger charge is -2.03. The molecule has 0 amide bonds. The van der Waals surface area contributed by atoms with Crippen LogP contribution in [0, 0.1) is 0 Å². The van der Waals surface area contributed by atoms with E-state index < -0.39 is 0 Å². The fraction of sp³-hybridized carbons (Fsp3) is 0.273. The van der Waals surface area contributed by atoms with Crippen molar-refractivity contribution in [2.75, 3.05) is 11.1 Å². The number of nitrogens with zero attached hydrogens (tertiary/aromatic N) is 2. The highest BCUT2D eigenvalue weighted by molar-refractivity contribution is 5.49. The molecule has 3 N–H and O–H groups in total. The molecule has 0 atom stereocenters. The van der Waals surface area contributed by atoms with Crippen LogP contribution in [0.1, 0.15) is 18.6 Å². The number of pyridine rings is 1. The molecule has 0 saturated carbocycles. The lowest BCUT2D eigenvalue weighted by Crippen LogP contribution is -2.00. The maximum atomic E-state index is 5.56. The van der Waals surface area contributed by atoms with Crippen molar-refractivity contribution < 1.29 is 4.42 Å². The molecule has 0 aliphatic heterocycles. The third-order valence-corrected chi connectivity index (χ3v) is 2.17. The third kappa shape index (κ3) is 2.50. The molecular formula is C11H14N4O. The van der Waals surface area contributed by atoms with Crippen molar-refractivity contribution in [3.05, 3.63) is 36.2 Å². The molecule has 2 heterocycles. The average Bonchev–Trinajstić information content (AvgIpc) is 2.74. The van der Waals surface area contributed by atoms with Gasteiger partial charge in [-0.3, -0.25) is 0 Å². The zero-order chi connectivity index (χ0) is 11.4. The summed E-state index contributed by atoms with van der Waals surface area (Å²) in [5.41, 5.74) is 6.47. The first-order chi connectivity index (χ1) is 7.78. The molecule has 5 heteroatoms. The van der Waals surface area contributed by atoms with Crippen molar-refractivity contribution in [1.82, 2.24) is 9.97 Å². The van der Waals surface area contributed by atoms with E-state index in [2.05, 4.69) is 15.3 Å². The van der Waals surface area contributed by atoms with Gasteiger partial charge in [0.15, 0.2) is 0 Å². The minimum Gasteiger partial charge on any atom is -0.444 e. The molecule has 0 aliphatic rings. The molecule has 0 unspecified atom stereocenters. The van der Waals surface area contributed by atoms with E-state index in [1.165, 1.54) is 0 Å². The van der Waals surface area contributed by atoms with Gasteiger partial charge in [0, 0.05) is 24.4 Å². The molecule has 0 spiro atoms. The molecule has 0 fully saturated rings. The quantitative estimate of drug-likeness (QED) is 0.818. The lowest BCUT2D eigenvalue weighted by atomic mass is 10.4. The zero-order valence-electron chi connectivity index (χ0n) is 9.10. The fourth-order valence-electron chi connectivity index (χ4n) is 1.33. The monoisotopic (exact) mass is 218 g/mol. The topological polar surface area (TPSA) is 77.0 Å². The first kappa shape index (κ1) is 10.5. The highest BCUT2D eigenvalue weighted by Gasteiger charge is 2.01. The average molecular weight is 218 g/mol. The van der Waals surface area contributed by atoms with Crippen LogP contribution in [-0.4, -0.2) is 9.97 Å². The first-order valence-corrected chi connectivity index (χ1v) is 5.17. The number of aromatic nitrogens is 2. The fourth-order valence-corrected chi connectivity index (χ4v) is 1.33. The normalized spacial score (nSPS) is 10.3. The van der Waals surface area contributed by atoms with Gasteiger partial charge in [-0.25, -0.2) is 9.97 Å². The summed E-state index contributed by atoms with van der Waals surface area (Å²) < 4.78 is 5.46. The smallest absolute Gasteiger partial charge is 0.213 e. The molecule has 0 aromatic carbocycles. The Bertz CT molecular complexity index is 467. The molecule has 5 nitrogen and oxygen atoms in total. The largest absolute Gasteiger partial charge is 0.444 e. The number of aryl methyl sites for hydroxylation is 1. The number of rotatable bonds is 4. The van der Waals surface area contributed by atoms with Gasteiger partial charge < -0.3 is 15.5 Å². The van der Waals surface area contributed by atoms with Crippen LogP contribution in [0.2, 0.25) is 0 Å². The molecular weight excluding hydrogens is 204 g/mol. The van der Waals surface area contributed by atoms with Gasteiger partial charge in [-0.05, 0) is 6.07 Å². The van der Waals surface area contributed by atoms with Gasteiger partial charge in [0.2, 0.25) is 5.89 Å². The highest BCUT2D eigenvalue weighted by Crippen LogP contribution is 2.11. The number of hydrogen-bond donors (Lipinski definition) is 2. The second-order valence-electron chi connectivity index (χ2n) is 3.40. The van der Waals surface area contributed by atoms with Crippen molar-refractivity contribution in [1.29, 1.82) is 0 Å². The van der Waals surface area contributed by atoms with Gasteiger partial charge in [0.25, 0.3) is 0 Å². The zero-order valence-corrected chi connectivity index (χ0v) is 9.10. The van der Waals surface area contributed by atoms with E-state index >= 15 is 0 Å². The summed E-state index contributed by atoms with van der Waals surface area (Å²) in [5.74, 6) is 2.06. The predicted octanol–water partition coefficient (Wildman–Crippen LogP) is 1.83. The van der Waals surface area contributed by atoms with E-state index in [-0.39, 0.29) is 0 Å². The minimum atomic E-state index is 0.492. The van der Waals surface area contributed by atoms with E-state index in [4.69, 9.17) is 10.2 Å². The van der Waals surface area contributed by atoms with Crippen molar-refractivity contribution in [2.45, 2.75) is 19.9 Å². The Morgan fingerprint density at radius 3 is 3.00 bits per heavy atom. The van der Waals surface area contributed by atoms with Gasteiger partial charge >= 0.3 is 0 Å². The molecule has 2 rings (SSSR count). The summed E-state index contributed by atoms with van der Waals surface area (Å²) in [5, 5.41) is 3.16. The Labute approximate surface area is 93.7 Å². The van der Waals surface area contributed by atoms with Gasteiger partial charge in [-0.15, -0.1) is 0 Å². The second kappa shape index (κ2) is 4.65. The molecule has 0 bridgehead atoms. The molecule has 2 aromatic heterocycles. The van der Waals surface area contributed by atoms with Gasteiger partial charge in [-0.1, -0.05) is 6.92 Å². The summed E-state index contributed by atoms with van der Waals surface area (Å²) in [4.78, 5) is 8.06. The summed E-state index contributed by atoms with van der Waals surface area (Å²) >= 11 is 0. The molecule has 0 radical (unpaired) electrons. The van der Waals surface area contributed by atoms with Crippen LogP contribution in [-0.2, 0) is 13.0 Å². The SMILES string of the molecule is CCc1cnc(CNc2ccnc(N)c2)o1. The Morgan fingerprint density at radius 2 is 2.31 bits per heavy atom. The van der Waals surface area contributed by atoms with Crippen molar-refractivity contribution in [3.63, 3.8) is 0 Å². The maximum Gasteiger partial charge on any atom is 0.213 e. The maximum absolute atomic E-state index is 5.56. The molecule has 16 heavy (non-hydrogen) atoms. The van der Waals surface area contributed by atoms with Crippen LogP contribution in [0.5, 0.6) is 0 Å². The Balaban J connectivity index is 1.96. The Morgan fingerprint density at radius 1 is 1.44 bits per heavy atom. The van der Waals surface area contributed by atoms with E-state index in [0.717, 1.165) is 17.9 Å². The van der Waals surface area contributed by atoms with E-state index in [1.54, 1.807) is 18.5 Å². The molecule has 0 aliphatic carbocycles. The number of anilines is 2. The predicted molar refractivity (Wildman–Crippen MR) is 61.9 cm³/mol. The Kier molecular flexibility index (Phi) is 3.05. The summed E-state index contributed by atoms with van der Waals surface area (Å²) in [7, 11) is 0. The highest BCUT2D eigenvalue weighted by atomic mass is 16.4. The van der Waals surface area contributed by atoms with Crippen molar-refractivity contribution in [2.24, 2.45) is 0 Å². The van der Waals surface area contributed by atoms with Crippen molar-refractivity contribution >= 4 is 11.5 Å². The van der Waals surface area contributed by atoms with Crippen LogP contribution in [0.3, 0.4) is 0 Å². The van der Waals surface area contributed by atoms with E-state index in [1.807, 2.05) is 13.0 Å². The van der Waals surface area contributed by atoms with Crippen LogP contribution < -0.4 is 11.1 Å². The summed E-state index contributed by atoms with van der Waals surface area (Å²) in [6.07, 6.45) is 4.26. The van der Waals surface area contributed by atoms with E-state index in [0.29, 0.717) is 18.3 Å². The van der Waals surface area contributed by atoms with Crippen LogP contribution in [0.4, 0.5) is 11.5 Å². The second-order valence-corrected chi connectivity index (χ2v) is 3.40. The van der Waals surface area contributed by atoms with E-state index in [9.17, 15) is 0 Å². The molecule has 84 valence electrons. The minimum absolute atomic E-state index is 0.492. The summed E-state index contributed by atoms with van der Waals surface area (Å²) in [6, 6.07) is 3.61. The van der Waals surface area contributed by atoms with Gasteiger partial charge in [0.1, 0.15) is 11.6 Å². The standard InChI is InChI=1S/C11H14N4O/c1-2-9-6-15-11(16-9)7-14-8-3-4-13-10(12)5-8/h3-6H,2,7H2,1H3,(H3,12,13,14). The first-order valence-electron chi connectivity index (χ1n) is 5.17. The number of oxazole rings is 1. The van der Waals surface area contributed by atoms with Crippen LogP contribution >= 0.6 is 0 Å². The van der Waals surface area contributed by atoms with Gasteiger partial charge in [0.05, 0.1) is 12.7 Å². The number of nitrogen functional groups attached to an aromatic ring is 1. The van der Waals surface area contributed by atoms with Crippen LogP contribution in [0.15, 0.2) is 28.9 Å². The Hall–Kier alpha value is -2.04. The van der Waals surface area contributed by atoms with Crippen molar-refractivity contribution in [3.8, 4) is 0 Å². The lowest BCUT2D eigenvalue weighted by molar-refractivity contribution is 0.466. The number of nitrogens with two attached hydrogens (primary N) is 1. The number of hydrogen-bond acceptors (Lipinski definition) is 5. The number of nitrogens with one attached hydrogen (secondary N) is 1.